The summed E-state index contributed by atoms with van der Waals surface area (Å²) >= 11 is 0. The third-order valence-electron chi connectivity index (χ3n) is 2.82. The van der Waals surface area contributed by atoms with Crippen molar-refractivity contribution in [1.29, 1.82) is 0 Å². The Kier molecular flexibility index (Phi) is 6.12. The van der Waals surface area contributed by atoms with Gasteiger partial charge in [-0.15, -0.1) is 0 Å². The fourth-order valence-electron chi connectivity index (χ4n) is 1.88. The van der Waals surface area contributed by atoms with Crippen molar-refractivity contribution in [2.75, 3.05) is 6.54 Å². The molecule has 1 nitrogen and oxygen atoms in total. The van der Waals surface area contributed by atoms with E-state index in [1.807, 2.05) is 0 Å². The van der Waals surface area contributed by atoms with Crippen molar-refractivity contribution >= 4 is 0 Å². The number of hydrogen-bond acceptors (Lipinski definition) is 1. The van der Waals surface area contributed by atoms with Crippen LogP contribution in [0.4, 0.5) is 8.78 Å². The summed E-state index contributed by atoms with van der Waals surface area (Å²) in [6, 6.07) is 3.59. The maximum Gasteiger partial charge on any atom is 0.128 e. The molecule has 1 rings (SSSR count). The van der Waals surface area contributed by atoms with E-state index in [-0.39, 0.29) is 17.7 Å². The van der Waals surface area contributed by atoms with Crippen LogP contribution in [0.5, 0.6) is 0 Å². The van der Waals surface area contributed by atoms with Crippen LogP contribution in [-0.4, -0.2) is 6.54 Å². The van der Waals surface area contributed by atoms with Crippen molar-refractivity contribution in [1.82, 2.24) is 5.32 Å². The molecule has 1 unspecified atom stereocenters. The summed E-state index contributed by atoms with van der Waals surface area (Å²) in [5.74, 6) is -0.697. The number of benzene rings is 1. The molecule has 1 atom stereocenters. The summed E-state index contributed by atoms with van der Waals surface area (Å²) in [5, 5.41) is 3.28. The van der Waals surface area contributed by atoms with Gasteiger partial charge in [-0.2, -0.15) is 0 Å². The molecule has 0 fully saturated rings. The molecule has 3 heteroatoms. The smallest absolute Gasteiger partial charge is 0.128 e. The molecule has 1 aromatic rings. The lowest BCUT2D eigenvalue weighted by atomic mass is 10.00. The molecule has 96 valence electrons. The van der Waals surface area contributed by atoms with Gasteiger partial charge in [0.25, 0.3) is 0 Å². The number of rotatable bonds is 7. The zero-order valence-corrected chi connectivity index (χ0v) is 10.6. The van der Waals surface area contributed by atoms with E-state index in [4.69, 9.17) is 0 Å². The van der Waals surface area contributed by atoms with Gasteiger partial charge in [0.2, 0.25) is 0 Å². The number of halogens is 2. The highest BCUT2D eigenvalue weighted by Gasteiger charge is 2.15. The monoisotopic (exact) mass is 241 g/mol. The van der Waals surface area contributed by atoms with Gasteiger partial charge in [0.1, 0.15) is 11.6 Å². The first kappa shape index (κ1) is 14.1. The first-order valence-electron chi connectivity index (χ1n) is 6.37. The quantitative estimate of drug-likeness (QED) is 0.754. The van der Waals surface area contributed by atoms with E-state index in [2.05, 4.69) is 19.2 Å². The molecule has 0 radical (unpaired) electrons. The van der Waals surface area contributed by atoms with E-state index in [1.165, 1.54) is 12.1 Å². The molecule has 0 aliphatic rings. The summed E-state index contributed by atoms with van der Waals surface area (Å²) in [6.45, 7) is 4.98. The van der Waals surface area contributed by atoms with E-state index in [9.17, 15) is 8.78 Å². The minimum absolute atomic E-state index is 0.0781. The zero-order chi connectivity index (χ0) is 12.7. The minimum atomic E-state index is -0.374. The molecule has 0 spiro atoms. The lowest BCUT2D eigenvalue weighted by Crippen LogP contribution is -2.23. The second kappa shape index (κ2) is 7.38. The van der Waals surface area contributed by atoms with E-state index in [1.54, 1.807) is 0 Å². The van der Waals surface area contributed by atoms with Crippen LogP contribution >= 0.6 is 0 Å². The number of unbranched alkanes of at least 4 members (excludes halogenated alkanes) is 1. The first-order chi connectivity index (χ1) is 8.19. The normalized spacial score (nSPS) is 12.7. The van der Waals surface area contributed by atoms with E-state index < -0.39 is 0 Å². The fraction of sp³-hybridized carbons (Fsp3) is 0.571. The van der Waals surface area contributed by atoms with Crippen LogP contribution < -0.4 is 5.32 Å². The molecule has 0 aliphatic heterocycles. The molecule has 0 bridgehead atoms. The summed E-state index contributed by atoms with van der Waals surface area (Å²) in [7, 11) is 0. The van der Waals surface area contributed by atoms with Crippen molar-refractivity contribution in [3.8, 4) is 0 Å². The molecule has 1 aromatic carbocycles. The summed E-state index contributed by atoms with van der Waals surface area (Å²) in [5.41, 5.74) is 0.451. The Morgan fingerprint density at radius 1 is 1.18 bits per heavy atom. The average Bonchev–Trinajstić information content (AvgIpc) is 2.33. The molecule has 0 saturated heterocycles. The maximum absolute atomic E-state index is 13.7. The third-order valence-corrected chi connectivity index (χ3v) is 2.82. The molecule has 0 aromatic heterocycles. The number of nitrogens with one attached hydrogen (secondary N) is 1. The molecule has 0 saturated carbocycles. The fourth-order valence-corrected chi connectivity index (χ4v) is 1.88. The van der Waals surface area contributed by atoms with Crippen LogP contribution in [0.1, 0.15) is 51.1 Å². The topological polar surface area (TPSA) is 12.0 Å². The van der Waals surface area contributed by atoms with Crippen molar-refractivity contribution in [2.24, 2.45) is 0 Å². The van der Waals surface area contributed by atoms with E-state index in [0.29, 0.717) is 5.56 Å². The van der Waals surface area contributed by atoms with Gasteiger partial charge in [-0.3, -0.25) is 0 Å². The Bertz CT molecular complexity index is 331. The van der Waals surface area contributed by atoms with Gasteiger partial charge in [0, 0.05) is 11.6 Å². The van der Waals surface area contributed by atoms with Gasteiger partial charge >= 0.3 is 0 Å². The second-order valence-corrected chi connectivity index (χ2v) is 4.31. The number of hydrogen-bond donors (Lipinski definition) is 1. The molecule has 17 heavy (non-hydrogen) atoms. The van der Waals surface area contributed by atoms with Crippen LogP contribution in [0.15, 0.2) is 18.2 Å². The van der Waals surface area contributed by atoms with Crippen LogP contribution in [0.25, 0.3) is 0 Å². The minimum Gasteiger partial charge on any atom is -0.310 e. The molecule has 0 heterocycles. The van der Waals surface area contributed by atoms with E-state index in [0.717, 1.165) is 38.3 Å². The molecular formula is C14H21F2N. The predicted octanol–water partition coefficient (Wildman–Crippen LogP) is 4.20. The second-order valence-electron chi connectivity index (χ2n) is 4.31. The van der Waals surface area contributed by atoms with Crippen LogP contribution in [0, 0.1) is 11.6 Å². The highest BCUT2D eigenvalue weighted by Crippen LogP contribution is 2.23. The van der Waals surface area contributed by atoms with Crippen LogP contribution in [0.2, 0.25) is 0 Å². The molecule has 0 aliphatic carbocycles. The van der Waals surface area contributed by atoms with Gasteiger partial charge in [0.15, 0.2) is 0 Å². The lowest BCUT2D eigenvalue weighted by molar-refractivity contribution is 0.456. The average molecular weight is 241 g/mol. The van der Waals surface area contributed by atoms with E-state index >= 15 is 0 Å². The Morgan fingerprint density at radius 3 is 2.59 bits per heavy atom. The van der Waals surface area contributed by atoms with Crippen molar-refractivity contribution in [3.63, 3.8) is 0 Å². The van der Waals surface area contributed by atoms with Crippen LogP contribution in [-0.2, 0) is 0 Å². The van der Waals surface area contributed by atoms with Gasteiger partial charge < -0.3 is 5.32 Å². The SMILES string of the molecule is CCCCC(NCCC)c1cc(F)ccc1F. The highest BCUT2D eigenvalue weighted by molar-refractivity contribution is 5.22. The summed E-state index contributed by atoms with van der Waals surface area (Å²) in [6.07, 6.45) is 3.90. The van der Waals surface area contributed by atoms with Crippen LogP contribution in [0.3, 0.4) is 0 Å². The van der Waals surface area contributed by atoms with Crippen molar-refractivity contribution in [2.45, 2.75) is 45.6 Å². The Morgan fingerprint density at radius 2 is 1.94 bits per heavy atom. The maximum atomic E-state index is 13.7. The van der Waals surface area contributed by atoms with Gasteiger partial charge in [0.05, 0.1) is 0 Å². The standard InChI is InChI=1S/C14H21F2N/c1-3-5-6-14(17-9-4-2)12-10-11(15)7-8-13(12)16/h7-8,10,14,17H,3-6,9H2,1-2H3. The highest BCUT2D eigenvalue weighted by atomic mass is 19.1. The van der Waals surface area contributed by atoms with Gasteiger partial charge in [-0.1, -0.05) is 26.7 Å². The predicted molar refractivity (Wildman–Crippen MR) is 66.9 cm³/mol. The Balaban J connectivity index is 2.82. The molecule has 0 amide bonds. The third kappa shape index (κ3) is 4.43. The van der Waals surface area contributed by atoms with Gasteiger partial charge in [-0.25, -0.2) is 8.78 Å². The van der Waals surface area contributed by atoms with Crippen molar-refractivity contribution in [3.05, 3.63) is 35.4 Å². The molecular weight excluding hydrogens is 220 g/mol. The molecule has 1 N–H and O–H groups in total. The van der Waals surface area contributed by atoms with Gasteiger partial charge in [-0.05, 0) is 37.6 Å². The Labute approximate surface area is 102 Å². The lowest BCUT2D eigenvalue weighted by Gasteiger charge is -2.19. The summed E-state index contributed by atoms with van der Waals surface area (Å²) < 4.78 is 26.8. The largest absolute Gasteiger partial charge is 0.310 e. The van der Waals surface area contributed by atoms with Crippen molar-refractivity contribution < 1.29 is 8.78 Å². The zero-order valence-electron chi connectivity index (χ0n) is 10.6. The first-order valence-corrected chi connectivity index (χ1v) is 6.37. The summed E-state index contributed by atoms with van der Waals surface area (Å²) in [4.78, 5) is 0. The Hall–Kier alpha value is -0.960.